The van der Waals surface area contributed by atoms with E-state index in [9.17, 15) is 14.4 Å². The fourth-order valence-electron chi connectivity index (χ4n) is 2.96. The van der Waals surface area contributed by atoms with E-state index in [-0.39, 0.29) is 18.2 Å². The second kappa shape index (κ2) is 7.90. The molecule has 2 amide bonds. The van der Waals surface area contributed by atoms with Gasteiger partial charge in [0.15, 0.2) is 0 Å². The molecule has 1 aliphatic rings. The Kier molecular flexibility index (Phi) is 5.40. The molecule has 0 bridgehead atoms. The molecule has 7 nitrogen and oxygen atoms in total. The molecule has 1 saturated heterocycles. The second-order valence-corrected chi connectivity index (χ2v) is 6.17. The van der Waals surface area contributed by atoms with Gasteiger partial charge >= 0.3 is 5.97 Å². The van der Waals surface area contributed by atoms with Crippen LogP contribution in [0.4, 0.5) is 11.4 Å². The van der Waals surface area contributed by atoms with E-state index in [2.05, 4.69) is 10.1 Å². The van der Waals surface area contributed by atoms with E-state index < -0.39 is 11.9 Å². The maximum atomic E-state index is 12.5. The Morgan fingerprint density at radius 1 is 1.11 bits per heavy atom. The van der Waals surface area contributed by atoms with E-state index in [1.54, 1.807) is 54.5 Å². The van der Waals surface area contributed by atoms with Crippen molar-refractivity contribution in [1.29, 1.82) is 0 Å². The lowest BCUT2D eigenvalue weighted by atomic mass is 10.1. The molecule has 1 fully saturated rings. The van der Waals surface area contributed by atoms with Crippen molar-refractivity contribution in [1.82, 2.24) is 0 Å². The number of anilines is 2. The molecule has 1 N–H and O–H groups in total. The molecule has 3 rings (SSSR count). The van der Waals surface area contributed by atoms with Gasteiger partial charge in [0.25, 0.3) is 0 Å². The lowest BCUT2D eigenvalue weighted by Crippen LogP contribution is -2.28. The number of carbonyl (C=O) groups is 3. The van der Waals surface area contributed by atoms with Gasteiger partial charge in [0, 0.05) is 30.4 Å². The Hall–Kier alpha value is -3.35. The van der Waals surface area contributed by atoms with Gasteiger partial charge in [0.2, 0.25) is 11.8 Å². The number of ether oxygens (including phenoxy) is 2. The van der Waals surface area contributed by atoms with Crippen LogP contribution < -0.4 is 15.0 Å². The van der Waals surface area contributed by atoms with Crippen LogP contribution in [-0.2, 0) is 14.3 Å². The quantitative estimate of drug-likeness (QED) is 0.820. The molecular weight excluding hydrogens is 348 g/mol. The van der Waals surface area contributed by atoms with Crippen LogP contribution in [-0.4, -0.2) is 38.5 Å². The molecule has 1 atom stereocenters. The average molecular weight is 368 g/mol. The molecule has 0 saturated carbocycles. The smallest absolute Gasteiger partial charge is 0.337 e. The molecule has 27 heavy (non-hydrogen) atoms. The second-order valence-electron chi connectivity index (χ2n) is 6.17. The van der Waals surface area contributed by atoms with Gasteiger partial charge in [-0.2, -0.15) is 0 Å². The van der Waals surface area contributed by atoms with E-state index >= 15 is 0 Å². The first kappa shape index (κ1) is 18.4. The number of nitrogens with one attached hydrogen (secondary N) is 1. The Morgan fingerprint density at radius 3 is 2.52 bits per heavy atom. The van der Waals surface area contributed by atoms with Crippen LogP contribution in [0.1, 0.15) is 16.8 Å². The average Bonchev–Trinajstić information content (AvgIpc) is 3.10. The van der Waals surface area contributed by atoms with Crippen LogP contribution in [0.15, 0.2) is 48.5 Å². The molecule has 2 aromatic carbocycles. The van der Waals surface area contributed by atoms with Crippen molar-refractivity contribution in [3.63, 3.8) is 0 Å². The zero-order chi connectivity index (χ0) is 19.4. The minimum Gasteiger partial charge on any atom is -0.497 e. The lowest BCUT2D eigenvalue weighted by Gasteiger charge is -2.17. The molecule has 1 heterocycles. The predicted molar refractivity (Wildman–Crippen MR) is 99.9 cm³/mol. The highest BCUT2D eigenvalue weighted by molar-refractivity contribution is 6.03. The van der Waals surface area contributed by atoms with Gasteiger partial charge in [-0.15, -0.1) is 0 Å². The topological polar surface area (TPSA) is 84.9 Å². The first-order chi connectivity index (χ1) is 13.0. The van der Waals surface area contributed by atoms with E-state index in [0.29, 0.717) is 29.2 Å². The highest BCUT2D eigenvalue weighted by atomic mass is 16.5. The van der Waals surface area contributed by atoms with Crippen LogP contribution in [0.2, 0.25) is 0 Å². The Bertz CT molecular complexity index is 863. The summed E-state index contributed by atoms with van der Waals surface area (Å²) in [4.78, 5) is 37.9. The summed E-state index contributed by atoms with van der Waals surface area (Å²) in [7, 11) is 2.87. The fourth-order valence-corrected chi connectivity index (χ4v) is 2.96. The SMILES string of the molecule is COC(=O)c1ccc(NC(=O)C2CC(=O)N(c3cccc(OC)c3)C2)cc1. The highest BCUT2D eigenvalue weighted by Gasteiger charge is 2.35. The zero-order valence-electron chi connectivity index (χ0n) is 15.1. The summed E-state index contributed by atoms with van der Waals surface area (Å²) in [5.41, 5.74) is 1.66. The van der Waals surface area contributed by atoms with Crippen molar-refractivity contribution in [3.8, 4) is 5.75 Å². The van der Waals surface area contributed by atoms with E-state index in [1.165, 1.54) is 7.11 Å². The minimum absolute atomic E-state index is 0.107. The number of benzene rings is 2. The number of hydrogen-bond donors (Lipinski definition) is 1. The third-order valence-corrected chi connectivity index (χ3v) is 4.43. The molecule has 2 aromatic rings. The fraction of sp³-hybridized carbons (Fsp3) is 0.250. The zero-order valence-corrected chi connectivity index (χ0v) is 15.1. The minimum atomic E-state index is -0.455. The maximum absolute atomic E-state index is 12.5. The van der Waals surface area contributed by atoms with Gasteiger partial charge in [-0.25, -0.2) is 4.79 Å². The number of esters is 1. The van der Waals surface area contributed by atoms with E-state index in [4.69, 9.17) is 4.74 Å². The van der Waals surface area contributed by atoms with Crippen molar-refractivity contribution in [2.45, 2.75) is 6.42 Å². The summed E-state index contributed by atoms with van der Waals surface area (Å²) in [6, 6.07) is 13.6. The van der Waals surface area contributed by atoms with Gasteiger partial charge in [0.05, 0.1) is 25.7 Å². The van der Waals surface area contributed by atoms with Gasteiger partial charge < -0.3 is 19.7 Å². The third-order valence-electron chi connectivity index (χ3n) is 4.43. The molecule has 0 radical (unpaired) electrons. The number of rotatable bonds is 5. The molecule has 0 spiro atoms. The molecular formula is C20H20N2O5. The largest absolute Gasteiger partial charge is 0.497 e. The van der Waals surface area contributed by atoms with Crippen molar-refractivity contribution >= 4 is 29.2 Å². The van der Waals surface area contributed by atoms with Crippen LogP contribution in [0.3, 0.4) is 0 Å². The van der Waals surface area contributed by atoms with Crippen LogP contribution in [0.5, 0.6) is 5.75 Å². The van der Waals surface area contributed by atoms with Crippen molar-refractivity contribution < 1.29 is 23.9 Å². The highest BCUT2D eigenvalue weighted by Crippen LogP contribution is 2.28. The Morgan fingerprint density at radius 2 is 1.85 bits per heavy atom. The monoisotopic (exact) mass is 368 g/mol. The number of nitrogens with zero attached hydrogens (tertiary/aromatic N) is 1. The Labute approximate surface area is 156 Å². The van der Waals surface area contributed by atoms with Gasteiger partial charge in [-0.1, -0.05) is 6.07 Å². The summed E-state index contributed by atoms with van der Waals surface area (Å²) in [6.07, 6.45) is 0.142. The summed E-state index contributed by atoms with van der Waals surface area (Å²) in [5.74, 6) is -0.588. The lowest BCUT2D eigenvalue weighted by molar-refractivity contribution is -0.122. The molecule has 0 aliphatic carbocycles. The maximum Gasteiger partial charge on any atom is 0.337 e. The molecule has 0 aromatic heterocycles. The normalized spacial score (nSPS) is 16.1. The van der Waals surface area contributed by atoms with E-state index in [0.717, 1.165) is 0 Å². The van der Waals surface area contributed by atoms with Gasteiger partial charge in [-0.3, -0.25) is 9.59 Å². The molecule has 1 aliphatic heterocycles. The molecule has 140 valence electrons. The first-order valence-corrected chi connectivity index (χ1v) is 8.45. The van der Waals surface area contributed by atoms with Crippen molar-refractivity contribution in [2.75, 3.05) is 31.0 Å². The summed E-state index contributed by atoms with van der Waals surface area (Å²) in [5, 5.41) is 2.79. The number of methoxy groups -OCH3 is 2. The first-order valence-electron chi connectivity index (χ1n) is 8.45. The molecule has 1 unspecified atom stereocenters. The van der Waals surface area contributed by atoms with Gasteiger partial charge in [-0.05, 0) is 36.4 Å². The molecule has 7 heteroatoms. The number of carbonyl (C=O) groups excluding carboxylic acids is 3. The standard InChI is InChI=1S/C20H20N2O5/c1-26-17-5-3-4-16(11-17)22-12-14(10-18(22)23)19(24)21-15-8-6-13(7-9-15)20(25)27-2/h3-9,11,14H,10,12H2,1-2H3,(H,21,24). The summed E-state index contributed by atoms with van der Waals surface area (Å²) >= 11 is 0. The predicted octanol–water partition coefficient (Wildman–Crippen LogP) is 2.47. The number of amides is 2. The summed E-state index contributed by atoms with van der Waals surface area (Å²) in [6.45, 7) is 0.304. The van der Waals surface area contributed by atoms with Crippen molar-refractivity contribution in [2.24, 2.45) is 5.92 Å². The van der Waals surface area contributed by atoms with Crippen LogP contribution in [0, 0.1) is 5.92 Å². The number of hydrogen-bond acceptors (Lipinski definition) is 5. The van der Waals surface area contributed by atoms with Crippen molar-refractivity contribution in [3.05, 3.63) is 54.1 Å². The Balaban J connectivity index is 1.66. The van der Waals surface area contributed by atoms with Crippen LogP contribution in [0.25, 0.3) is 0 Å². The van der Waals surface area contributed by atoms with E-state index in [1.807, 2.05) is 6.07 Å². The third kappa shape index (κ3) is 4.08. The summed E-state index contributed by atoms with van der Waals surface area (Å²) < 4.78 is 9.83. The van der Waals surface area contributed by atoms with Gasteiger partial charge in [0.1, 0.15) is 5.75 Å². The van der Waals surface area contributed by atoms with Crippen LogP contribution >= 0.6 is 0 Å².